The van der Waals surface area contributed by atoms with Crippen molar-refractivity contribution >= 4 is 48.1 Å². The molecule has 0 amide bonds. The number of rotatable bonds is 7. The zero-order valence-electron chi connectivity index (χ0n) is 29.7. The molecule has 56 heavy (non-hydrogen) atoms. The molecule has 0 saturated heterocycles. The van der Waals surface area contributed by atoms with Gasteiger partial charge in [-0.1, -0.05) is 12.1 Å². The average Bonchev–Trinajstić information content (AvgIpc) is 3.07. The van der Waals surface area contributed by atoms with Gasteiger partial charge in [-0.2, -0.15) is 8.42 Å². The van der Waals surface area contributed by atoms with Gasteiger partial charge in [0, 0.05) is 47.5 Å². The normalized spacial score (nSPS) is 10.9. The largest absolute Gasteiger partial charge is 1.00 e. The predicted octanol–water partition coefficient (Wildman–Crippen LogP) is 2.12. The average molecular weight is 820 g/mol. The molecule has 6 rings (SSSR count). The molecule has 0 aliphatic heterocycles. The topological polar surface area (TPSA) is 318 Å². The number of hydrogen-bond acceptors (Lipinski definition) is 16. The molecule has 0 aliphatic rings. The van der Waals surface area contributed by atoms with Crippen LogP contribution >= 0.6 is 0 Å². The van der Waals surface area contributed by atoms with E-state index in [1.807, 2.05) is 36.4 Å². The second kappa shape index (κ2) is 18.2. The summed E-state index contributed by atoms with van der Waals surface area (Å²) >= 11 is 0. The Morgan fingerprint density at radius 1 is 0.554 bits per heavy atom. The van der Waals surface area contributed by atoms with Crippen LogP contribution in [0.5, 0.6) is 51.7 Å². The quantitative estimate of drug-likeness (QED) is 0.0633. The van der Waals surface area contributed by atoms with Crippen molar-refractivity contribution < 1.29 is 95.2 Å². The molecule has 0 radical (unpaired) electrons. The van der Waals surface area contributed by atoms with Crippen LogP contribution in [-0.4, -0.2) is 65.7 Å². The van der Waals surface area contributed by atoms with Crippen LogP contribution in [0.4, 0.5) is 17.1 Å². The SMILES string of the molecule is COc1cc(-c2ccc(N)c(OC)c2)ccc1N.Nc1cc(S(=O)(=O)O)cc2cc(S(=O)(=O)[O-])cc(O)c12.Oc1cc(O)cc(Oc2cc(O)cc(O)c2)c1.[Na+]. The van der Waals surface area contributed by atoms with E-state index in [9.17, 15) is 46.9 Å². The van der Waals surface area contributed by atoms with Gasteiger partial charge in [0.15, 0.2) is 0 Å². The standard InChI is InChI=1S/C14H16N2O2.C12H10O5.C10H9NO7S2.Na/c1-17-13-7-9(3-5-11(13)15)10-4-6-12(16)14(8-10)18-2;13-7-1-8(14)4-11(3-7)17-12-5-9(15)2-10(16)6-12;11-8-3-6(19(13,14)15)1-5-2-7(20(16,17)18)4-9(12)10(5)8;/h3-8H,15-16H2,1-2H3;1-6,13-16H;1-4,12H,11H2,(H,13,14,15)(H,16,17,18);/q;;;+1/p-1. The van der Waals surface area contributed by atoms with Gasteiger partial charge in [0.05, 0.1) is 35.4 Å². The Balaban J connectivity index is 0.000000224. The molecular weight excluding hydrogens is 786 g/mol. The summed E-state index contributed by atoms with van der Waals surface area (Å²) in [6.45, 7) is 0. The van der Waals surface area contributed by atoms with Gasteiger partial charge in [-0.15, -0.1) is 0 Å². The van der Waals surface area contributed by atoms with E-state index in [0.29, 0.717) is 28.9 Å². The van der Waals surface area contributed by atoms with Crippen LogP contribution in [0.15, 0.2) is 107 Å². The maximum absolute atomic E-state index is 11.1. The summed E-state index contributed by atoms with van der Waals surface area (Å²) in [5.74, 6) is 0.505. The Kier molecular flexibility index (Phi) is 14.5. The molecule has 0 aromatic heterocycles. The van der Waals surface area contributed by atoms with Crippen molar-refractivity contribution in [3.8, 4) is 62.9 Å². The molecule has 0 atom stereocenters. The molecule has 0 saturated carbocycles. The maximum Gasteiger partial charge on any atom is 1.00 e. The third kappa shape index (κ3) is 11.6. The molecule has 0 heterocycles. The molecule has 12 N–H and O–H groups in total. The van der Waals surface area contributed by atoms with Crippen molar-refractivity contribution in [1.82, 2.24) is 0 Å². The van der Waals surface area contributed by atoms with Gasteiger partial charge >= 0.3 is 29.6 Å². The number of methoxy groups -OCH3 is 2. The fourth-order valence-electron chi connectivity index (χ4n) is 4.94. The predicted molar refractivity (Wildman–Crippen MR) is 201 cm³/mol. The third-order valence-electron chi connectivity index (χ3n) is 7.38. The zero-order valence-corrected chi connectivity index (χ0v) is 33.4. The first-order chi connectivity index (χ1) is 25.7. The Bertz CT molecular complexity index is 2390. The Hall–Kier alpha value is -5.80. The van der Waals surface area contributed by atoms with Crippen LogP contribution in [0.25, 0.3) is 21.9 Å². The fourth-order valence-corrected chi connectivity index (χ4v) is 6.01. The van der Waals surface area contributed by atoms with Crippen LogP contribution in [-0.2, 0) is 20.2 Å². The smallest absolute Gasteiger partial charge is 0.744 e. The van der Waals surface area contributed by atoms with Gasteiger partial charge in [0.25, 0.3) is 10.1 Å². The minimum absolute atomic E-state index is 0. The second-order valence-corrected chi connectivity index (χ2v) is 14.2. The van der Waals surface area contributed by atoms with Gasteiger partial charge in [-0.05, 0) is 65.0 Å². The molecule has 20 heteroatoms. The summed E-state index contributed by atoms with van der Waals surface area (Å²) in [5.41, 5.74) is 20.2. The molecule has 0 aliphatic carbocycles. The van der Waals surface area contributed by atoms with E-state index in [4.69, 9.17) is 36.0 Å². The Morgan fingerprint density at radius 3 is 1.34 bits per heavy atom. The summed E-state index contributed by atoms with van der Waals surface area (Å²) in [6.07, 6.45) is 0. The number of hydrogen-bond donors (Lipinski definition) is 9. The van der Waals surface area contributed by atoms with Gasteiger partial charge in [-0.3, -0.25) is 4.55 Å². The van der Waals surface area contributed by atoms with Gasteiger partial charge < -0.3 is 61.5 Å². The van der Waals surface area contributed by atoms with E-state index in [-0.39, 0.29) is 80.5 Å². The van der Waals surface area contributed by atoms with Crippen molar-refractivity contribution in [3.05, 3.63) is 97.1 Å². The molecule has 290 valence electrons. The van der Waals surface area contributed by atoms with E-state index in [2.05, 4.69) is 0 Å². The van der Waals surface area contributed by atoms with Crippen molar-refractivity contribution in [2.75, 3.05) is 31.4 Å². The fraction of sp³-hybridized carbons (Fsp3) is 0.0556. The number of nitrogen functional groups attached to an aromatic ring is 3. The number of phenols is 5. The van der Waals surface area contributed by atoms with Crippen LogP contribution in [0, 0.1) is 0 Å². The molecule has 17 nitrogen and oxygen atoms in total. The number of fused-ring (bicyclic) bond motifs is 1. The van der Waals surface area contributed by atoms with E-state index >= 15 is 0 Å². The van der Waals surface area contributed by atoms with Crippen LogP contribution in [0.2, 0.25) is 0 Å². The minimum Gasteiger partial charge on any atom is -0.744 e. The second-order valence-electron chi connectivity index (χ2n) is 11.4. The third-order valence-corrected chi connectivity index (χ3v) is 9.02. The van der Waals surface area contributed by atoms with Crippen molar-refractivity contribution in [2.24, 2.45) is 0 Å². The molecule has 6 aromatic rings. The van der Waals surface area contributed by atoms with Crippen LogP contribution < -0.4 is 61.0 Å². The molecule has 0 unspecified atom stereocenters. The van der Waals surface area contributed by atoms with Gasteiger partial charge in [0.2, 0.25) is 0 Å². The first-order valence-electron chi connectivity index (χ1n) is 15.3. The number of benzene rings is 6. The van der Waals surface area contributed by atoms with E-state index < -0.39 is 35.8 Å². The Morgan fingerprint density at radius 2 is 0.964 bits per heavy atom. The molecule has 0 bridgehead atoms. The summed E-state index contributed by atoms with van der Waals surface area (Å²) in [5, 5.41) is 46.5. The first-order valence-corrected chi connectivity index (χ1v) is 18.1. The monoisotopic (exact) mass is 819 g/mol. The number of nitrogens with two attached hydrogens (primary N) is 3. The summed E-state index contributed by atoms with van der Waals surface area (Å²) in [6, 6.07) is 22.2. The van der Waals surface area contributed by atoms with Gasteiger partial charge in [-0.25, -0.2) is 8.42 Å². The number of aromatic hydroxyl groups is 5. The van der Waals surface area contributed by atoms with Crippen molar-refractivity contribution in [1.29, 1.82) is 0 Å². The number of anilines is 3. The van der Waals surface area contributed by atoms with Crippen LogP contribution in [0.1, 0.15) is 0 Å². The summed E-state index contributed by atoms with van der Waals surface area (Å²) < 4.78 is 79.5. The molecule has 6 aromatic carbocycles. The molecular formula is C36H34N3NaO14S2. The van der Waals surface area contributed by atoms with E-state index in [1.54, 1.807) is 14.2 Å². The van der Waals surface area contributed by atoms with Crippen molar-refractivity contribution in [2.45, 2.75) is 9.79 Å². The summed E-state index contributed by atoms with van der Waals surface area (Å²) in [7, 11) is -6.22. The minimum atomic E-state index is -4.84. The first kappa shape index (κ1) is 44.6. The van der Waals surface area contributed by atoms with Crippen LogP contribution in [0.3, 0.4) is 0 Å². The summed E-state index contributed by atoms with van der Waals surface area (Å²) in [4.78, 5) is -1.32. The molecule has 0 spiro atoms. The zero-order chi connectivity index (χ0) is 40.8. The van der Waals surface area contributed by atoms with E-state index in [1.165, 1.54) is 24.3 Å². The number of ether oxygens (including phenoxy) is 3. The van der Waals surface area contributed by atoms with E-state index in [0.717, 1.165) is 41.5 Å². The number of phenolic OH excluding ortho intramolecular Hbond substituents is 5. The maximum atomic E-state index is 11.1. The molecule has 0 fully saturated rings. The Labute approximate surface area is 342 Å². The van der Waals surface area contributed by atoms with Gasteiger partial charge in [0.1, 0.15) is 61.9 Å². The van der Waals surface area contributed by atoms with Crippen molar-refractivity contribution in [3.63, 3.8) is 0 Å².